The molecule has 1 aromatic heterocycles. The molecule has 0 spiro atoms. The molecule has 6 heteroatoms. The molecule has 5 nitrogen and oxygen atoms in total. The Morgan fingerprint density at radius 1 is 1.21 bits per heavy atom. The first-order valence-electron chi connectivity index (χ1n) is 12.2. The van der Waals surface area contributed by atoms with Crippen molar-refractivity contribution in [3.63, 3.8) is 0 Å². The second kappa shape index (κ2) is 13.0. The number of fused-ring (bicyclic) bond motifs is 2. The fraction of sp³-hybridized carbons (Fsp3) is 0.556. The summed E-state index contributed by atoms with van der Waals surface area (Å²) in [5.41, 5.74) is 6.62. The molecule has 1 atom stereocenters. The monoisotopic (exact) mass is 471 g/mol. The summed E-state index contributed by atoms with van der Waals surface area (Å²) in [4.78, 5) is 27.3. The maximum absolute atomic E-state index is 12.5. The molecule has 182 valence electrons. The highest BCUT2D eigenvalue weighted by Crippen LogP contribution is 2.42. The predicted octanol–water partition coefficient (Wildman–Crippen LogP) is 5.07. The Morgan fingerprint density at radius 3 is 2.48 bits per heavy atom. The molecule has 0 N–H and O–H groups in total. The third kappa shape index (κ3) is 6.10. The van der Waals surface area contributed by atoms with E-state index in [2.05, 4.69) is 42.4 Å². The van der Waals surface area contributed by atoms with Gasteiger partial charge in [-0.1, -0.05) is 38.2 Å². The van der Waals surface area contributed by atoms with Crippen LogP contribution in [0, 0.1) is 0 Å². The minimum atomic E-state index is 0.162. The molecule has 0 saturated carbocycles. The first kappa shape index (κ1) is 27.2. The lowest BCUT2D eigenvalue weighted by atomic mass is 9.79. The van der Waals surface area contributed by atoms with Gasteiger partial charge >= 0.3 is 0 Å². The molecular weight excluding hydrogens is 430 g/mol. The van der Waals surface area contributed by atoms with E-state index in [0.29, 0.717) is 11.8 Å². The summed E-state index contributed by atoms with van der Waals surface area (Å²) in [6.45, 7) is 12.3. The number of hydrogen-bond acceptors (Lipinski definition) is 4. The quantitative estimate of drug-likeness (QED) is 0.615. The molecule has 0 aromatic carbocycles. The van der Waals surface area contributed by atoms with Crippen molar-refractivity contribution < 1.29 is 9.59 Å². The van der Waals surface area contributed by atoms with E-state index in [4.69, 9.17) is 0 Å². The smallest absolute Gasteiger partial charge is 0.240 e. The third-order valence-corrected chi connectivity index (χ3v) is 6.91. The van der Waals surface area contributed by atoms with E-state index in [9.17, 15) is 9.59 Å². The highest BCUT2D eigenvalue weighted by Gasteiger charge is 2.35. The average molecular weight is 472 g/mol. The second-order valence-electron chi connectivity index (χ2n) is 8.23. The van der Waals surface area contributed by atoms with Crippen molar-refractivity contribution in [2.75, 3.05) is 38.7 Å². The van der Waals surface area contributed by atoms with Crippen LogP contribution in [-0.4, -0.2) is 70.9 Å². The van der Waals surface area contributed by atoms with Gasteiger partial charge in [0.05, 0.1) is 5.75 Å². The van der Waals surface area contributed by atoms with Crippen molar-refractivity contribution in [2.24, 2.45) is 0 Å². The van der Waals surface area contributed by atoms with Crippen LogP contribution in [0.4, 0.5) is 0 Å². The number of rotatable bonds is 4. The number of hydrogen-bond donors (Lipinski definition) is 0. The summed E-state index contributed by atoms with van der Waals surface area (Å²) in [5, 5.41) is 0. The fourth-order valence-electron chi connectivity index (χ4n) is 4.76. The second-order valence-corrected chi connectivity index (χ2v) is 9.09. The van der Waals surface area contributed by atoms with Crippen LogP contribution in [0.5, 0.6) is 0 Å². The van der Waals surface area contributed by atoms with Gasteiger partial charge in [-0.25, -0.2) is 0 Å². The van der Waals surface area contributed by atoms with Gasteiger partial charge < -0.3 is 4.90 Å². The Hall–Kier alpha value is -2.05. The molecule has 2 heterocycles. The van der Waals surface area contributed by atoms with Crippen molar-refractivity contribution in [3.8, 4) is 0 Å². The van der Waals surface area contributed by atoms with Gasteiger partial charge in [-0.05, 0) is 56.7 Å². The lowest BCUT2D eigenvalue weighted by molar-refractivity contribution is -0.128. The average Bonchev–Trinajstić information content (AvgIpc) is 3.02. The van der Waals surface area contributed by atoms with Crippen molar-refractivity contribution in [3.05, 3.63) is 52.9 Å². The molecule has 4 rings (SSSR count). The number of carbonyl (C=O) groups excluding carboxylic acids is 2. The Labute approximate surface area is 204 Å². The summed E-state index contributed by atoms with van der Waals surface area (Å²) < 4.78 is 1.92. The molecule has 0 fully saturated rings. The number of nitrogens with zero attached hydrogens (tertiary/aromatic N) is 3. The molecule has 1 aromatic rings. The molecule has 1 aliphatic heterocycles. The maximum Gasteiger partial charge on any atom is 0.240 e. The van der Waals surface area contributed by atoms with Crippen LogP contribution in [-0.2, 0) is 17.6 Å². The van der Waals surface area contributed by atoms with Gasteiger partial charge in [0, 0.05) is 56.5 Å². The van der Waals surface area contributed by atoms with E-state index in [1.54, 1.807) is 23.6 Å². The minimum absolute atomic E-state index is 0.162. The molecule has 0 radical (unpaired) electrons. The van der Waals surface area contributed by atoms with Crippen LogP contribution in [0.15, 0.2) is 36.1 Å². The lowest BCUT2D eigenvalue weighted by Gasteiger charge is -2.38. The van der Waals surface area contributed by atoms with Gasteiger partial charge in [-0.15, -0.1) is 0 Å². The predicted molar refractivity (Wildman–Crippen MR) is 142 cm³/mol. The van der Waals surface area contributed by atoms with E-state index in [1.165, 1.54) is 28.0 Å². The van der Waals surface area contributed by atoms with Crippen LogP contribution in [0.3, 0.4) is 0 Å². The Kier molecular flexibility index (Phi) is 10.7. The number of allylic oxidation sites excluding steroid dienone is 3. The number of likely N-dealkylation sites (N-methyl/N-ethyl adjacent to an activating group) is 1. The van der Waals surface area contributed by atoms with Crippen LogP contribution in [0.2, 0.25) is 0 Å². The zero-order valence-corrected chi connectivity index (χ0v) is 22.3. The van der Waals surface area contributed by atoms with E-state index < -0.39 is 0 Å². The number of thioether (sulfide) groups is 1. The van der Waals surface area contributed by atoms with Gasteiger partial charge in [-0.2, -0.15) is 11.8 Å². The highest BCUT2D eigenvalue weighted by molar-refractivity contribution is 7.99. The normalized spacial score (nSPS) is 18.2. The number of amides is 1. The van der Waals surface area contributed by atoms with E-state index >= 15 is 0 Å². The Balaban J connectivity index is 0.000000330. The third-order valence-electron chi connectivity index (χ3n) is 6.37. The lowest BCUT2D eigenvalue weighted by Crippen LogP contribution is -2.40. The minimum Gasteiger partial charge on any atom is -0.343 e. The maximum atomic E-state index is 12.5. The number of aromatic nitrogens is 1. The zero-order chi connectivity index (χ0) is 24.5. The van der Waals surface area contributed by atoms with Crippen LogP contribution < -0.4 is 0 Å². The van der Waals surface area contributed by atoms with Crippen molar-refractivity contribution in [2.45, 2.75) is 59.9 Å². The van der Waals surface area contributed by atoms with Gasteiger partial charge in [0.2, 0.25) is 11.8 Å². The molecule has 2 aliphatic carbocycles. The van der Waals surface area contributed by atoms with Gasteiger partial charge in [0.15, 0.2) is 0 Å². The first-order chi connectivity index (χ1) is 15.9. The fourth-order valence-corrected chi connectivity index (χ4v) is 5.14. The Bertz CT molecular complexity index is 922. The van der Waals surface area contributed by atoms with Gasteiger partial charge in [-0.3, -0.25) is 19.1 Å². The standard InChI is InChI=1S/C19H22N2OS.C6H13NO.C2H6/c1-20-9-5-7-14-15-6-3-4-8-16-19(15)13(10-17(14)20)11-21(16)18(22)12-23-2;1-4-7(5-2)6(3)8;1-2/h3-4,6-7,11,17H,5,8-10,12H2,1-2H3;4-5H2,1-3H3;1-2H3/t17-;;/m1../s1. The summed E-state index contributed by atoms with van der Waals surface area (Å²) in [6.07, 6.45) is 16.0. The molecule has 3 aliphatic rings. The Morgan fingerprint density at radius 2 is 1.91 bits per heavy atom. The van der Waals surface area contributed by atoms with Crippen LogP contribution >= 0.6 is 11.8 Å². The van der Waals surface area contributed by atoms with E-state index in [0.717, 1.165) is 38.9 Å². The molecule has 1 amide bonds. The number of carbonyl (C=O) groups is 2. The summed E-state index contributed by atoms with van der Waals surface area (Å²) in [6, 6.07) is 0.452. The van der Waals surface area contributed by atoms with Gasteiger partial charge in [0.1, 0.15) is 0 Å². The van der Waals surface area contributed by atoms with E-state index in [-0.39, 0.29) is 11.8 Å². The first-order valence-corrected chi connectivity index (χ1v) is 13.6. The molecule has 33 heavy (non-hydrogen) atoms. The topological polar surface area (TPSA) is 45.6 Å². The van der Waals surface area contributed by atoms with Crippen molar-refractivity contribution in [1.29, 1.82) is 0 Å². The van der Waals surface area contributed by atoms with Crippen LogP contribution in [0.1, 0.15) is 62.7 Å². The highest BCUT2D eigenvalue weighted by atomic mass is 32.2. The van der Waals surface area contributed by atoms with Crippen molar-refractivity contribution >= 4 is 29.1 Å². The summed E-state index contributed by atoms with van der Waals surface area (Å²) >= 11 is 1.59. The summed E-state index contributed by atoms with van der Waals surface area (Å²) in [5.74, 6) is 0.895. The molecular formula is C27H41N3O2S. The van der Waals surface area contributed by atoms with Crippen LogP contribution in [0.25, 0.3) is 5.57 Å². The zero-order valence-electron chi connectivity index (χ0n) is 21.5. The summed E-state index contributed by atoms with van der Waals surface area (Å²) in [7, 11) is 2.21. The van der Waals surface area contributed by atoms with E-state index in [1.807, 2.05) is 38.5 Å². The SMILES string of the molecule is CC.CCN(CC)C(C)=O.CSCC(=O)n1cc2c3c1CC=CC=C3C1=CCCN(C)[C@@H]1C2. The molecule has 0 unspecified atom stereocenters. The molecule has 0 bridgehead atoms. The largest absolute Gasteiger partial charge is 0.343 e. The van der Waals surface area contributed by atoms with Gasteiger partial charge in [0.25, 0.3) is 0 Å². The van der Waals surface area contributed by atoms with Crippen molar-refractivity contribution in [1.82, 2.24) is 14.4 Å². The molecule has 0 saturated heterocycles.